The van der Waals surface area contributed by atoms with Crippen LogP contribution in [0.1, 0.15) is 25.0 Å². The predicted molar refractivity (Wildman–Crippen MR) is 71.7 cm³/mol. The third-order valence-electron chi connectivity index (χ3n) is 2.88. The molecule has 2 heterocycles. The highest BCUT2D eigenvalue weighted by atomic mass is 16.7. The Morgan fingerprint density at radius 1 is 1.14 bits per heavy atom. The fraction of sp³-hybridized carbons (Fsp3) is 0.455. The normalized spacial score (nSPS) is 12.8. The molecule has 8 N–H and O–H groups in total. The molecule has 2 aromatic rings. The summed E-state index contributed by atoms with van der Waals surface area (Å²) in [6.45, 7) is 0. The van der Waals surface area contributed by atoms with E-state index >= 15 is 0 Å². The second-order valence-electron chi connectivity index (χ2n) is 4.82. The SMILES string of the molecule is Nc1nc2ncc(C(O)(O)CCCC(O)(O)O)nc2c(=O)[nH]1. The first-order chi connectivity index (χ1) is 10.1. The summed E-state index contributed by atoms with van der Waals surface area (Å²) in [5.74, 6) is -5.52. The van der Waals surface area contributed by atoms with Crippen LogP contribution in [-0.4, -0.2) is 51.4 Å². The van der Waals surface area contributed by atoms with Crippen LogP contribution in [0.25, 0.3) is 11.2 Å². The summed E-state index contributed by atoms with van der Waals surface area (Å²) in [6, 6.07) is 0. The molecule has 0 unspecified atom stereocenters. The zero-order chi connectivity index (χ0) is 16.5. The fourth-order valence-corrected chi connectivity index (χ4v) is 1.83. The van der Waals surface area contributed by atoms with Crippen LogP contribution in [0.15, 0.2) is 11.0 Å². The number of nitrogens with one attached hydrogen (secondary N) is 1. The Kier molecular flexibility index (Phi) is 4.08. The van der Waals surface area contributed by atoms with Gasteiger partial charge in [0, 0.05) is 12.8 Å². The Morgan fingerprint density at radius 3 is 2.45 bits per heavy atom. The lowest BCUT2D eigenvalue weighted by atomic mass is 10.0. The first-order valence-corrected chi connectivity index (χ1v) is 6.23. The number of H-pyrrole nitrogens is 1. The van der Waals surface area contributed by atoms with Crippen molar-refractivity contribution in [2.75, 3.05) is 5.73 Å². The Balaban J connectivity index is 2.27. The molecule has 2 aromatic heterocycles. The van der Waals surface area contributed by atoms with E-state index in [0.29, 0.717) is 0 Å². The number of aromatic amines is 1. The molecule has 0 aliphatic carbocycles. The summed E-state index contributed by atoms with van der Waals surface area (Å²) in [7, 11) is 0. The van der Waals surface area contributed by atoms with E-state index in [2.05, 4.69) is 19.9 Å². The van der Waals surface area contributed by atoms with E-state index in [4.69, 9.17) is 21.1 Å². The minimum Gasteiger partial charge on any atom is -0.369 e. The first-order valence-electron chi connectivity index (χ1n) is 6.23. The quantitative estimate of drug-likeness (QED) is 0.283. The Bertz CT molecular complexity index is 738. The molecular weight excluding hydrogens is 298 g/mol. The molecule has 0 fully saturated rings. The van der Waals surface area contributed by atoms with Gasteiger partial charge in [-0.25, -0.2) is 9.97 Å². The van der Waals surface area contributed by atoms with Gasteiger partial charge in [-0.15, -0.1) is 0 Å². The summed E-state index contributed by atoms with van der Waals surface area (Å²) in [5, 5.41) is 46.1. The molecule has 0 aliphatic heterocycles. The second kappa shape index (κ2) is 5.55. The zero-order valence-corrected chi connectivity index (χ0v) is 11.3. The number of anilines is 1. The molecule has 0 atom stereocenters. The Hall–Kier alpha value is -2.18. The van der Waals surface area contributed by atoms with Crippen LogP contribution in [-0.2, 0) is 5.79 Å². The van der Waals surface area contributed by atoms with Gasteiger partial charge >= 0.3 is 0 Å². The Labute approximate surface area is 122 Å². The lowest BCUT2D eigenvalue weighted by Gasteiger charge is -2.22. The number of rotatable bonds is 5. The lowest BCUT2D eigenvalue weighted by Crippen LogP contribution is -2.31. The number of nitrogens with two attached hydrogens (primary N) is 1. The van der Waals surface area contributed by atoms with Gasteiger partial charge in [-0.2, -0.15) is 4.98 Å². The fourth-order valence-electron chi connectivity index (χ4n) is 1.83. The lowest BCUT2D eigenvalue weighted by molar-refractivity contribution is -0.316. The molecule has 0 spiro atoms. The van der Waals surface area contributed by atoms with Crippen LogP contribution in [0.2, 0.25) is 0 Å². The topological polar surface area (TPSA) is 199 Å². The van der Waals surface area contributed by atoms with Crippen molar-refractivity contribution in [1.29, 1.82) is 0 Å². The summed E-state index contributed by atoms with van der Waals surface area (Å²) in [5.41, 5.74) is 4.06. The van der Waals surface area contributed by atoms with Crippen LogP contribution in [0.5, 0.6) is 0 Å². The van der Waals surface area contributed by atoms with Gasteiger partial charge in [0.05, 0.1) is 6.20 Å². The highest BCUT2D eigenvalue weighted by molar-refractivity contribution is 5.69. The van der Waals surface area contributed by atoms with Gasteiger partial charge in [0.15, 0.2) is 11.2 Å². The van der Waals surface area contributed by atoms with Gasteiger partial charge in [-0.3, -0.25) is 9.78 Å². The van der Waals surface area contributed by atoms with E-state index in [9.17, 15) is 15.0 Å². The first kappa shape index (κ1) is 16.2. The highest BCUT2D eigenvalue weighted by Gasteiger charge is 2.30. The van der Waals surface area contributed by atoms with Gasteiger partial charge in [-0.05, 0) is 6.42 Å². The molecule has 0 radical (unpaired) electrons. The molecule has 0 saturated carbocycles. The zero-order valence-electron chi connectivity index (χ0n) is 11.3. The van der Waals surface area contributed by atoms with E-state index in [1.807, 2.05) is 0 Å². The largest absolute Gasteiger partial charge is 0.369 e. The molecule has 0 saturated heterocycles. The van der Waals surface area contributed by atoms with Crippen LogP contribution >= 0.6 is 0 Å². The second-order valence-corrected chi connectivity index (χ2v) is 4.82. The van der Waals surface area contributed by atoms with Crippen molar-refractivity contribution in [3.8, 4) is 0 Å². The van der Waals surface area contributed by atoms with E-state index < -0.39 is 23.7 Å². The Morgan fingerprint density at radius 2 is 1.82 bits per heavy atom. The molecule has 0 aromatic carbocycles. The van der Waals surface area contributed by atoms with Gasteiger partial charge in [0.25, 0.3) is 11.5 Å². The van der Waals surface area contributed by atoms with Gasteiger partial charge < -0.3 is 31.3 Å². The van der Waals surface area contributed by atoms with Crippen molar-refractivity contribution in [3.63, 3.8) is 0 Å². The summed E-state index contributed by atoms with van der Waals surface area (Å²) in [6.07, 6.45) is -0.0165. The molecule has 11 heteroatoms. The maximum Gasteiger partial charge on any atom is 0.280 e. The number of hydrogen-bond donors (Lipinski definition) is 7. The van der Waals surface area contributed by atoms with Crippen molar-refractivity contribution in [2.24, 2.45) is 0 Å². The predicted octanol–water partition coefficient (Wildman–Crippen LogP) is -2.77. The van der Waals surface area contributed by atoms with Crippen molar-refractivity contribution in [3.05, 3.63) is 22.2 Å². The maximum atomic E-state index is 11.7. The molecule has 2 rings (SSSR count). The number of aromatic nitrogens is 4. The number of nitrogens with zero attached hydrogens (tertiary/aromatic N) is 3. The smallest absolute Gasteiger partial charge is 0.280 e. The van der Waals surface area contributed by atoms with Gasteiger partial charge in [-0.1, -0.05) is 0 Å². The molecule has 120 valence electrons. The summed E-state index contributed by atoms with van der Waals surface area (Å²) in [4.78, 5) is 25.2. The number of nitrogen functional groups attached to an aromatic ring is 1. The van der Waals surface area contributed by atoms with Gasteiger partial charge in [0.2, 0.25) is 11.7 Å². The molecular formula is C11H15N5O6. The van der Waals surface area contributed by atoms with Crippen LogP contribution in [0.4, 0.5) is 5.95 Å². The number of hydrogen-bond acceptors (Lipinski definition) is 10. The molecule has 11 nitrogen and oxygen atoms in total. The van der Waals surface area contributed by atoms with Gasteiger partial charge in [0.1, 0.15) is 5.69 Å². The van der Waals surface area contributed by atoms with Crippen LogP contribution in [0, 0.1) is 0 Å². The summed E-state index contributed by atoms with van der Waals surface area (Å²) < 4.78 is 0. The van der Waals surface area contributed by atoms with E-state index in [-0.39, 0.29) is 35.6 Å². The molecule has 22 heavy (non-hydrogen) atoms. The third kappa shape index (κ3) is 3.72. The van der Waals surface area contributed by atoms with Crippen molar-refractivity contribution in [1.82, 2.24) is 19.9 Å². The maximum absolute atomic E-state index is 11.7. The summed E-state index contributed by atoms with van der Waals surface area (Å²) >= 11 is 0. The average molecular weight is 313 g/mol. The third-order valence-corrected chi connectivity index (χ3v) is 2.88. The minimum atomic E-state index is -2.90. The number of aliphatic hydroxyl groups is 5. The average Bonchev–Trinajstić information content (AvgIpc) is 2.36. The van der Waals surface area contributed by atoms with E-state index in [1.54, 1.807) is 0 Å². The van der Waals surface area contributed by atoms with E-state index in [0.717, 1.165) is 6.20 Å². The van der Waals surface area contributed by atoms with Crippen LogP contribution in [0.3, 0.4) is 0 Å². The monoisotopic (exact) mass is 313 g/mol. The van der Waals surface area contributed by atoms with Crippen molar-refractivity contribution in [2.45, 2.75) is 31.0 Å². The molecule has 0 aliphatic rings. The molecule has 0 bridgehead atoms. The molecule has 0 amide bonds. The van der Waals surface area contributed by atoms with Crippen molar-refractivity contribution >= 4 is 17.1 Å². The van der Waals surface area contributed by atoms with E-state index in [1.165, 1.54) is 0 Å². The van der Waals surface area contributed by atoms with Crippen LogP contribution < -0.4 is 11.3 Å². The standard InChI is InChI=1S/C11H15N5O6/c12-9-15-7-6(8(17)16-9)14-5(4-13-7)10(18,19)2-1-3-11(20,21)22/h4,18-22H,1-3H2,(H3,12,13,15,16,17). The number of fused-ring (bicyclic) bond motifs is 1. The highest BCUT2D eigenvalue weighted by Crippen LogP contribution is 2.24. The van der Waals surface area contributed by atoms with Crippen molar-refractivity contribution < 1.29 is 25.5 Å². The minimum absolute atomic E-state index is 0.0547.